The van der Waals surface area contributed by atoms with E-state index in [-0.39, 0.29) is 5.91 Å². The van der Waals surface area contributed by atoms with E-state index in [2.05, 4.69) is 67.9 Å². The van der Waals surface area contributed by atoms with Crippen molar-refractivity contribution in [3.05, 3.63) is 64.3 Å². The van der Waals surface area contributed by atoms with E-state index in [0.29, 0.717) is 23.3 Å². The number of amides is 1. The molecule has 8 nitrogen and oxygen atoms in total. The van der Waals surface area contributed by atoms with Crippen LogP contribution in [-0.2, 0) is 16.8 Å². The van der Waals surface area contributed by atoms with Gasteiger partial charge >= 0.3 is 0 Å². The lowest BCUT2D eigenvalue weighted by Gasteiger charge is -2.34. The third kappa shape index (κ3) is 4.70. The first-order valence-corrected chi connectivity index (χ1v) is 12.6. The van der Waals surface area contributed by atoms with Gasteiger partial charge in [-0.1, -0.05) is 23.7 Å². The number of aromatic nitrogens is 2. The molecule has 3 N–H and O–H groups in total. The molecule has 0 bridgehead atoms. The number of hydrogen-bond acceptors (Lipinski definition) is 7. The minimum atomic E-state index is -0.594. The van der Waals surface area contributed by atoms with Crippen LogP contribution in [0.2, 0.25) is 5.02 Å². The van der Waals surface area contributed by atoms with Crippen molar-refractivity contribution in [1.29, 1.82) is 0 Å². The van der Waals surface area contributed by atoms with Crippen molar-refractivity contribution in [2.75, 3.05) is 54.1 Å². The molecule has 2 aromatic carbocycles. The number of carbonyl (C=O) groups is 1. The van der Waals surface area contributed by atoms with E-state index in [0.717, 1.165) is 54.2 Å². The van der Waals surface area contributed by atoms with Gasteiger partial charge in [-0.2, -0.15) is 4.98 Å². The molecule has 9 heteroatoms. The Balaban J connectivity index is 1.30. The van der Waals surface area contributed by atoms with Gasteiger partial charge in [-0.05, 0) is 68.8 Å². The molecule has 1 amide bonds. The van der Waals surface area contributed by atoms with E-state index < -0.39 is 5.41 Å². The molecule has 2 aliphatic heterocycles. The molecule has 36 heavy (non-hydrogen) atoms. The highest BCUT2D eigenvalue weighted by atomic mass is 35.5. The lowest BCUT2D eigenvalue weighted by atomic mass is 9.83. The topological polar surface area (TPSA) is 85.4 Å². The fourth-order valence-corrected chi connectivity index (χ4v) is 5.04. The maximum atomic E-state index is 12.4. The highest BCUT2D eigenvalue weighted by Gasteiger charge is 2.39. The van der Waals surface area contributed by atoms with Crippen LogP contribution in [0, 0.1) is 6.92 Å². The molecule has 188 valence electrons. The highest BCUT2D eigenvalue weighted by Crippen LogP contribution is 2.40. The minimum Gasteiger partial charge on any atom is -0.369 e. The average molecular weight is 506 g/mol. The van der Waals surface area contributed by atoms with Crippen molar-refractivity contribution in [3.8, 4) is 0 Å². The molecule has 0 aliphatic carbocycles. The molecule has 0 radical (unpaired) electrons. The summed E-state index contributed by atoms with van der Waals surface area (Å²) in [6.45, 7) is 10.7. The zero-order valence-corrected chi connectivity index (χ0v) is 21.9. The number of halogens is 1. The van der Waals surface area contributed by atoms with Crippen LogP contribution < -0.4 is 20.9 Å². The molecule has 1 fully saturated rings. The largest absolute Gasteiger partial charge is 0.369 e. The van der Waals surface area contributed by atoms with Gasteiger partial charge in [0.25, 0.3) is 0 Å². The van der Waals surface area contributed by atoms with Crippen molar-refractivity contribution in [1.82, 2.24) is 14.9 Å². The van der Waals surface area contributed by atoms with Crippen molar-refractivity contribution >= 4 is 46.3 Å². The fourth-order valence-electron chi connectivity index (χ4n) is 4.88. The third-order valence-electron chi connectivity index (χ3n) is 7.11. The number of rotatable bonds is 6. The number of aryl methyl sites for hydroxylation is 1. The van der Waals surface area contributed by atoms with E-state index in [1.54, 1.807) is 6.20 Å². The van der Waals surface area contributed by atoms with Gasteiger partial charge in [-0.3, -0.25) is 4.79 Å². The van der Waals surface area contributed by atoms with Gasteiger partial charge in [-0.15, -0.1) is 0 Å². The molecule has 0 spiro atoms. The smallest absolute Gasteiger partial charge is 0.234 e. The Morgan fingerprint density at radius 2 is 1.92 bits per heavy atom. The lowest BCUT2D eigenvalue weighted by Crippen LogP contribution is -2.44. The van der Waals surface area contributed by atoms with Gasteiger partial charge in [0.15, 0.2) is 5.82 Å². The summed E-state index contributed by atoms with van der Waals surface area (Å²) < 4.78 is 0. The van der Waals surface area contributed by atoms with Crippen LogP contribution in [0.15, 0.2) is 42.6 Å². The quantitative estimate of drug-likeness (QED) is 0.444. The molecule has 1 aromatic heterocycles. The summed E-state index contributed by atoms with van der Waals surface area (Å²) in [7, 11) is 2.16. The Hall–Kier alpha value is -3.36. The first kappa shape index (κ1) is 24.3. The molecular weight excluding hydrogens is 474 g/mol. The molecule has 1 saturated heterocycles. The predicted octanol–water partition coefficient (Wildman–Crippen LogP) is 4.78. The van der Waals surface area contributed by atoms with Crippen LogP contribution >= 0.6 is 11.6 Å². The summed E-state index contributed by atoms with van der Waals surface area (Å²) in [5, 5.41) is 10.1. The number of benzene rings is 2. The number of nitrogens with one attached hydrogen (secondary N) is 3. The monoisotopic (exact) mass is 505 g/mol. The summed E-state index contributed by atoms with van der Waals surface area (Å²) in [6.07, 6.45) is 1.59. The van der Waals surface area contributed by atoms with E-state index in [9.17, 15) is 4.79 Å². The van der Waals surface area contributed by atoms with Crippen LogP contribution in [0.5, 0.6) is 0 Å². The predicted molar refractivity (Wildman–Crippen MR) is 147 cm³/mol. The van der Waals surface area contributed by atoms with E-state index in [4.69, 9.17) is 11.6 Å². The Bertz CT molecular complexity index is 1300. The van der Waals surface area contributed by atoms with Crippen molar-refractivity contribution in [2.45, 2.75) is 32.7 Å². The second-order valence-electron chi connectivity index (χ2n) is 10.1. The fraction of sp³-hybridized carbons (Fsp3) is 0.370. The van der Waals surface area contributed by atoms with Crippen molar-refractivity contribution < 1.29 is 4.79 Å². The number of piperazine rings is 1. The standard InChI is InChI=1S/C27H32ClN7O/c1-17-14-19(35-12-10-34(4)11-13-35)8-9-21(17)32-26-30-16-20(28)24(33-26)29-15-18-6-5-7-22-23(18)27(2,3)25(36)31-22/h5-9,14,16H,10-13,15H2,1-4H3,(H,31,36)(H2,29,30,32,33). The molecule has 0 atom stereocenters. The third-order valence-corrected chi connectivity index (χ3v) is 7.38. The number of fused-ring (bicyclic) bond motifs is 1. The number of nitrogens with zero attached hydrogens (tertiary/aromatic N) is 4. The summed E-state index contributed by atoms with van der Waals surface area (Å²) in [6, 6.07) is 12.3. The van der Waals surface area contributed by atoms with Crippen LogP contribution in [-0.4, -0.2) is 54.0 Å². The highest BCUT2D eigenvalue weighted by molar-refractivity contribution is 6.32. The number of hydrogen-bond donors (Lipinski definition) is 3. The second kappa shape index (κ2) is 9.59. The minimum absolute atomic E-state index is 0.00511. The molecular formula is C27H32ClN7O. The Morgan fingerprint density at radius 1 is 1.14 bits per heavy atom. The first-order valence-electron chi connectivity index (χ1n) is 12.2. The van der Waals surface area contributed by atoms with E-state index in [1.807, 2.05) is 32.0 Å². The normalized spacial score (nSPS) is 17.0. The number of carbonyl (C=O) groups excluding carboxylic acids is 1. The molecule has 5 rings (SSSR count). The SMILES string of the molecule is Cc1cc(N2CCN(C)CC2)ccc1Nc1ncc(Cl)c(NCc2cccc3c2C(C)(C)C(=O)N3)n1. The van der Waals surface area contributed by atoms with Gasteiger partial charge < -0.3 is 25.8 Å². The van der Waals surface area contributed by atoms with Gasteiger partial charge in [-0.25, -0.2) is 4.98 Å². The summed E-state index contributed by atoms with van der Waals surface area (Å²) in [5.74, 6) is 1.01. The van der Waals surface area contributed by atoms with Gasteiger partial charge in [0, 0.05) is 49.8 Å². The van der Waals surface area contributed by atoms with Crippen molar-refractivity contribution in [3.63, 3.8) is 0 Å². The number of likely N-dealkylation sites (N-methyl/N-ethyl adjacent to an activating group) is 1. The second-order valence-corrected chi connectivity index (χ2v) is 10.5. The molecule has 2 aliphatic rings. The summed E-state index contributed by atoms with van der Waals surface area (Å²) >= 11 is 6.42. The zero-order chi connectivity index (χ0) is 25.4. The first-order chi connectivity index (χ1) is 17.2. The summed E-state index contributed by atoms with van der Waals surface area (Å²) in [4.78, 5) is 26.2. The average Bonchev–Trinajstić information content (AvgIpc) is 3.09. The van der Waals surface area contributed by atoms with Crippen molar-refractivity contribution in [2.24, 2.45) is 0 Å². The number of anilines is 5. The van der Waals surface area contributed by atoms with E-state index >= 15 is 0 Å². The Morgan fingerprint density at radius 3 is 2.67 bits per heavy atom. The van der Waals surface area contributed by atoms with Crippen LogP contribution in [0.3, 0.4) is 0 Å². The van der Waals surface area contributed by atoms with Gasteiger partial charge in [0.1, 0.15) is 5.02 Å². The Kier molecular flexibility index (Phi) is 6.49. The zero-order valence-electron chi connectivity index (χ0n) is 21.2. The molecule has 3 aromatic rings. The maximum Gasteiger partial charge on any atom is 0.234 e. The van der Waals surface area contributed by atoms with Crippen LogP contribution in [0.4, 0.5) is 28.8 Å². The molecule has 0 saturated carbocycles. The molecule has 3 heterocycles. The van der Waals surface area contributed by atoms with Crippen LogP contribution in [0.1, 0.15) is 30.5 Å². The van der Waals surface area contributed by atoms with Gasteiger partial charge in [0.2, 0.25) is 11.9 Å². The maximum absolute atomic E-state index is 12.4. The molecule has 0 unspecified atom stereocenters. The Labute approximate surface area is 217 Å². The van der Waals surface area contributed by atoms with E-state index in [1.165, 1.54) is 5.69 Å². The summed E-state index contributed by atoms with van der Waals surface area (Å²) in [5.41, 5.74) is 5.60. The lowest BCUT2D eigenvalue weighted by molar-refractivity contribution is -0.119. The van der Waals surface area contributed by atoms with Gasteiger partial charge in [0.05, 0.1) is 11.6 Å². The van der Waals surface area contributed by atoms with Crippen LogP contribution in [0.25, 0.3) is 0 Å².